The molecular formula is C2H5Cl4F3O2. The number of carboxylic acids is 1. The second-order valence-electron chi connectivity index (χ2n) is 0.803. The molecule has 0 aromatic carbocycles. The molecule has 0 aromatic rings. The van der Waals surface area contributed by atoms with Gasteiger partial charge in [0.15, 0.2) is 0 Å². The van der Waals surface area contributed by atoms with E-state index in [0.29, 0.717) is 0 Å². The summed E-state index contributed by atoms with van der Waals surface area (Å²) in [4.78, 5) is 8.90. The Bertz CT molecular complexity index is 93.8. The van der Waals surface area contributed by atoms with E-state index in [-0.39, 0.29) is 49.6 Å². The average molecular weight is 260 g/mol. The smallest absolute Gasteiger partial charge is 0.475 e. The zero-order valence-corrected chi connectivity index (χ0v) is 7.89. The molecule has 2 nitrogen and oxygen atoms in total. The van der Waals surface area contributed by atoms with Crippen molar-refractivity contribution in [2.24, 2.45) is 0 Å². The number of hydrogen-bond donors (Lipinski definition) is 1. The van der Waals surface area contributed by atoms with Crippen molar-refractivity contribution in [1.29, 1.82) is 0 Å². The maximum absolute atomic E-state index is 10.6. The molecule has 0 aromatic heterocycles. The fraction of sp³-hybridized carbons (Fsp3) is 0.500. The summed E-state index contributed by atoms with van der Waals surface area (Å²) >= 11 is 0. The number of aliphatic carboxylic acids is 1. The van der Waals surface area contributed by atoms with Crippen LogP contribution in [0.2, 0.25) is 0 Å². The van der Waals surface area contributed by atoms with Crippen LogP contribution < -0.4 is 0 Å². The molecule has 0 unspecified atom stereocenters. The van der Waals surface area contributed by atoms with Gasteiger partial charge in [-0.3, -0.25) is 0 Å². The van der Waals surface area contributed by atoms with Crippen molar-refractivity contribution < 1.29 is 23.1 Å². The normalized spacial score (nSPS) is 7.18. The Morgan fingerprint density at radius 1 is 1.00 bits per heavy atom. The second-order valence-corrected chi connectivity index (χ2v) is 0.803. The van der Waals surface area contributed by atoms with Gasteiger partial charge >= 0.3 is 12.1 Å². The lowest BCUT2D eigenvalue weighted by Gasteiger charge is -1.93. The number of alkyl halides is 3. The van der Waals surface area contributed by atoms with E-state index < -0.39 is 12.1 Å². The third-order valence-corrected chi connectivity index (χ3v) is 0.243. The first-order valence-corrected chi connectivity index (χ1v) is 1.24. The molecule has 9 heteroatoms. The van der Waals surface area contributed by atoms with Crippen LogP contribution >= 0.6 is 49.6 Å². The molecule has 0 atom stereocenters. The predicted molar refractivity (Wildman–Crippen MR) is 42.7 cm³/mol. The molecule has 0 bridgehead atoms. The van der Waals surface area contributed by atoms with Gasteiger partial charge in [-0.05, 0) is 0 Å². The summed E-state index contributed by atoms with van der Waals surface area (Å²) in [5.41, 5.74) is 0. The Balaban J connectivity index is -0.0000000300. The Labute approximate surface area is 85.2 Å². The zero-order valence-electron chi connectivity index (χ0n) is 4.62. The van der Waals surface area contributed by atoms with Gasteiger partial charge in [-0.25, -0.2) is 4.79 Å². The summed E-state index contributed by atoms with van der Waals surface area (Å²) in [5, 5.41) is 7.12. The van der Waals surface area contributed by atoms with E-state index >= 15 is 0 Å². The van der Waals surface area contributed by atoms with Gasteiger partial charge in [-0.2, -0.15) is 13.2 Å². The second kappa shape index (κ2) is 10.4. The first kappa shape index (κ1) is 30.1. The molecule has 0 radical (unpaired) electrons. The maximum atomic E-state index is 10.6. The van der Waals surface area contributed by atoms with Crippen molar-refractivity contribution in [3.63, 3.8) is 0 Å². The first-order valence-electron chi connectivity index (χ1n) is 1.24. The number of carboxylic acid groups (broad SMARTS) is 1. The van der Waals surface area contributed by atoms with Crippen LogP contribution in [0.25, 0.3) is 0 Å². The van der Waals surface area contributed by atoms with Crippen LogP contribution in [0, 0.1) is 0 Å². The molecule has 0 rings (SSSR count). The Hall–Kier alpha value is 0.420. The zero-order chi connectivity index (χ0) is 6.08. The van der Waals surface area contributed by atoms with Gasteiger partial charge in [0.2, 0.25) is 0 Å². The van der Waals surface area contributed by atoms with Gasteiger partial charge in [0.05, 0.1) is 0 Å². The van der Waals surface area contributed by atoms with Crippen molar-refractivity contribution >= 4 is 55.6 Å². The average Bonchev–Trinajstić information content (AvgIpc) is 1.31. The van der Waals surface area contributed by atoms with E-state index in [9.17, 15) is 13.2 Å². The number of rotatable bonds is 0. The highest BCUT2D eigenvalue weighted by molar-refractivity contribution is 5.86. The first-order chi connectivity index (χ1) is 2.94. The monoisotopic (exact) mass is 258 g/mol. The minimum absolute atomic E-state index is 0. The van der Waals surface area contributed by atoms with Gasteiger partial charge in [0.25, 0.3) is 0 Å². The molecule has 0 aliphatic rings. The van der Waals surface area contributed by atoms with E-state index in [1.54, 1.807) is 0 Å². The van der Waals surface area contributed by atoms with Crippen molar-refractivity contribution in [3.8, 4) is 0 Å². The van der Waals surface area contributed by atoms with Gasteiger partial charge in [-0.1, -0.05) is 0 Å². The minimum Gasteiger partial charge on any atom is -0.475 e. The molecular weight excluding hydrogens is 255 g/mol. The summed E-state index contributed by atoms with van der Waals surface area (Å²) in [6, 6.07) is 0. The van der Waals surface area contributed by atoms with Crippen molar-refractivity contribution in [3.05, 3.63) is 0 Å². The topological polar surface area (TPSA) is 37.3 Å². The van der Waals surface area contributed by atoms with E-state index in [0.717, 1.165) is 0 Å². The molecule has 0 aliphatic carbocycles. The molecule has 0 amide bonds. The largest absolute Gasteiger partial charge is 0.490 e. The third-order valence-electron chi connectivity index (χ3n) is 0.243. The van der Waals surface area contributed by atoms with Gasteiger partial charge < -0.3 is 5.11 Å². The summed E-state index contributed by atoms with van der Waals surface area (Å²) in [6.07, 6.45) is -5.08. The standard InChI is InChI=1S/C2HF3O2.4ClH/c3-2(4,5)1(6)7;;;;/h(H,6,7);4*1H. The number of carbonyl (C=O) groups is 1. The lowest BCUT2D eigenvalue weighted by atomic mass is 10.7. The molecule has 0 fully saturated rings. The van der Waals surface area contributed by atoms with Crippen molar-refractivity contribution in [1.82, 2.24) is 0 Å². The van der Waals surface area contributed by atoms with Crippen LogP contribution in [-0.2, 0) is 4.79 Å². The van der Waals surface area contributed by atoms with E-state index in [1.165, 1.54) is 0 Å². The molecule has 11 heavy (non-hydrogen) atoms. The highest BCUT2D eigenvalue weighted by atomic mass is 35.5. The molecule has 0 saturated heterocycles. The van der Waals surface area contributed by atoms with Crippen LogP contribution in [0.15, 0.2) is 0 Å². The maximum Gasteiger partial charge on any atom is 0.490 e. The Morgan fingerprint density at radius 3 is 1.09 bits per heavy atom. The van der Waals surface area contributed by atoms with E-state index in [2.05, 4.69) is 0 Å². The molecule has 0 spiro atoms. The van der Waals surface area contributed by atoms with Crippen molar-refractivity contribution in [2.45, 2.75) is 6.18 Å². The van der Waals surface area contributed by atoms with Crippen LogP contribution in [0.4, 0.5) is 13.2 Å². The molecule has 0 heterocycles. The fourth-order valence-electron chi connectivity index (χ4n) is 0. The highest BCUT2D eigenvalue weighted by Gasteiger charge is 2.38. The number of halogens is 7. The Morgan fingerprint density at radius 2 is 1.09 bits per heavy atom. The lowest BCUT2D eigenvalue weighted by molar-refractivity contribution is -0.192. The SMILES string of the molecule is Cl.Cl.Cl.Cl.O=C(O)C(F)(F)F. The molecule has 74 valence electrons. The van der Waals surface area contributed by atoms with Crippen LogP contribution in [-0.4, -0.2) is 17.3 Å². The van der Waals surface area contributed by atoms with Crippen LogP contribution in [0.3, 0.4) is 0 Å². The van der Waals surface area contributed by atoms with E-state index in [4.69, 9.17) is 9.90 Å². The van der Waals surface area contributed by atoms with Gasteiger partial charge in [0, 0.05) is 0 Å². The van der Waals surface area contributed by atoms with Gasteiger partial charge in [0.1, 0.15) is 0 Å². The van der Waals surface area contributed by atoms with Crippen LogP contribution in [0.1, 0.15) is 0 Å². The third kappa shape index (κ3) is 17.9. The fourth-order valence-corrected chi connectivity index (χ4v) is 0. The lowest BCUT2D eigenvalue weighted by Crippen LogP contribution is -2.21. The minimum atomic E-state index is -5.08. The molecule has 0 aliphatic heterocycles. The van der Waals surface area contributed by atoms with Crippen molar-refractivity contribution in [2.75, 3.05) is 0 Å². The van der Waals surface area contributed by atoms with Gasteiger partial charge in [-0.15, -0.1) is 49.6 Å². The van der Waals surface area contributed by atoms with E-state index in [1.807, 2.05) is 0 Å². The summed E-state index contributed by atoms with van der Waals surface area (Å²) in [7, 11) is 0. The summed E-state index contributed by atoms with van der Waals surface area (Å²) < 4.78 is 31.7. The highest BCUT2D eigenvalue weighted by Crippen LogP contribution is 2.13. The quantitative estimate of drug-likeness (QED) is 0.725. The molecule has 0 saturated carbocycles. The molecule has 1 N–H and O–H groups in total. The predicted octanol–water partition coefficient (Wildman–Crippen LogP) is 2.32. The summed E-state index contributed by atoms with van der Waals surface area (Å²) in [6.45, 7) is 0. The Kier molecular flexibility index (Phi) is 28.5. The van der Waals surface area contributed by atoms with Crippen LogP contribution in [0.5, 0.6) is 0 Å². The number of hydrogen-bond acceptors (Lipinski definition) is 1. The summed E-state index contributed by atoms with van der Waals surface area (Å²) in [5.74, 6) is -2.76.